The third kappa shape index (κ3) is 3.81. The van der Waals surface area contributed by atoms with Crippen molar-refractivity contribution in [2.45, 2.75) is 37.6 Å². The van der Waals surface area contributed by atoms with E-state index in [1.165, 1.54) is 16.9 Å². The Hall–Kier alpha value is -0.510. The van der Waals surface area contributed by atoms with Crippen molar-refractivity contribution in [2.75, 3.05) is 6.26 Å². The van der Waals surface area contributed by atoms with E-state index in [-0.39, 0.29) is 6.04 Å². The van der Waals surface area contributed by atoms with Crippen molar-refractivity contribution in [1.29, 1.82) is 0 Å². The van der Waals surface area contributed by atoms with Gasteiger partial charge in [0.2, 0.25) is 0 Å². The minimum Gasteiger partial charge on any atom is -0.271 e. The topological polar surface area (TPSA) is 38.0 Å². The van der Waals surface area contributed by atoms with Gasteiger partial charge in [0.1, 0.15) is 0 Å². The highest BCUT2D eigenvalue weighted by atomic mass is 32.2. The van der Waals surface area contributed by atoms with Crippen molar-refractivity contribution >= 4 is 11.8 Å². The van der Waals surface area contributed by atoms with E-state index in [4.69, 9.17) is 5.84 Å². The van der Waals surface area contributed by atoms with Gasteiger partial charge in [-0.05, 0) is 36.6 Å². The summed E-state index contributed by atoms with van der Waals surface area (Å²) in [4.78, 5) is 1.31. The minimum atomic E-state index is 0.269. The molecule has 0 fully saturated rings. The molecule has 0 aliphatic carbocycles. The molecule has 3 heteroatoms. The van der Waals surface area contributed by atoms with Gasteiger partial charge in [-0.3, -0.25) is 11.3 Å². The lowest BCUT2D eigenvalue weighted by Crippen LogP contribution is -2.28. The number of hydrazine groups is 1. The maximum atomic E-state index is 5.66. The predicted molar refractivity (Wildman–Crippen MR) is 72.4 cm³/mol. The van der Waals surface area contributed by atoms with E-state index < -0.39 is 0 Å². The Morgan fingerprint density at radius 1 is 1.25 bits per heavy atom. The van der Waals surface area contributed by atoms with Crippen LogP contribution in [0.2, 0.25) is 0 Å². The summed E-state index contributed by atoms with van der Waals surface area (Å²) in [5, 5.41) is 0. The molecule has 2 nitrogen and oxygen atoms in total. The van der Waals surface area contributed by atoms with Gasteiger partial charge in [-0.25, -0.2) is 0 Å². The van der Waals surface area contributed by atoms with Crippen LogP contribution in [0.25, 0.3) is 0 Å². The quantitative estimate of drug-likeness (QED) is 0.453. The molecule has 0 radical (unpaired) electrons. The molecule has 90 valence electrons. The van der Waals surface area contributed by atoms with Crippen LogP contribution < -0.4 is 11.3 Å². The maximum absolute atomic E-state index is 5.66. The summed E-state index contributed by atoms with van der Waals surface area (Å²) in [7, 11) is 0. The number of nitrogens with two attached hydrogens (primary N) is 1. The SMILES string of the molecule is CSc1ccccc1C(CCC(C)C)NN. The molecule has 1 rings (SSSR count). The molecule has 0 aliphatic heterocycles. The van der Waals surface area contributed by atoms with Crippen LogP contribution in [0.4, 0.5) is 0 Å². The first-order chi connectivity index (χ1) is 7.69. The average molecular weight is 238 g/mol. The minimum absolute atomic E-state index is 0.269. The highest BCUT2D eigenvalue weighted by molar-refractivity contribution is 7.98. The second-order valence-electron chi connectivity index (χ2n) is 4.43. The van der Waals surface area contributed by atoms with Crippen LogP contribution in [0.3, 0.4) is 0 Å². The van der Waals surface area contributed by atoms with E-state index >= 15 is 0 Å². The van der Waals surface area contributed by atoms with E-state index in [0.717, 1.165) is 12.3 Å². The summed E-state index contributed by atoms with van der Waals surface area (Å²) in [6, 6.07) is 8.74. The van der Waals surface area contributed by atoms with Crippen LogP contribution >= 0.6 is 11.8 Å². The average Bonchev–Trinajstić information content (AvgIpc) is 2.30. The maximum Gasteiger partial charge on any atom is 0.0471 e. The van der Waals surface area contributed by atoms with Crippen molar-refractivity contribution in [3.8, 4) is 0 Å². The zero-order chi connectivity index (χ0) is 12.0. The first-order valence-corrected chi connectivity index (χ1v) is 7.00. The van der Waals surface area contributed by atoms with Gasteiger partial charge in [0.15, 0.2) is 0 Å². The number of hydrogen-bond donors (Lipinski definition) is 2. The van der Waals surface area contributed by atoms with Crippen LogP contribution in [0.1, 0.15) is 38.3 Å². The van der Waals surface area contributed by atoms with Gasteiger partial charge < -0.3 is 0 Å². The van der Waals surface area contributed by atoms with Gasteiger partial charge in [0.05, 0.1) is 0 Å². The molecule has 0 amide bonds. The number of thioether (sulfide) groups is 1. The van der Waals surface area contributed by atoms with Gasteiger partial charge in [0, 0.05) is 10.9 Å². The molecular formula is C13H22N2S. The first kappa shape index (κ1) is 13.6. The third-order valence-electron chi connectivity index (χ3n) is 2.75. The molecule has 16 heavy (non-hydrogen) atoms. The van der Waals surface area contributed by atoms with Crippen LogP contribution in [0.5, 0.6) is 0 Å². The molecule has 0 aliphatic rings. The van der Waals surface area contributed by atoms with Crippen LogP contribution in [-0.2, 0) is 0 Å². The summed E-state index contributed by atoms with van der Waals surface area (Å²) < 4.78 is 0. The molecule has 0 heterocycles. The Labute approximate surface area is 103 Å². The van der Waals surface area contributed by atoms with E-state index in [0.29, 0.717) is 0 Å². The summed E-state index contributed by atoms with van der Waals surface area (Å²) >= 11 is 1.78. The zero-order valence-electron chi connectivity index (χ0n) is 10.4. The number of hydrogen-bond acceptors (Lipinski definition) is 3. The van der Waals surface area contributed by atoms with Gasteiger partial charge >= 0.3 is 0 Å². The Balaban J connectivity index is 2.77. The fraction of sp³-hybridized carbons (Fsp3) is 0.538. The molecule has 1 aromatic rings. The van der Waals surface area contributed by atoms with Crippen molar-refractivity contribution in [3.05, 3.63) is 29.8 Å². The first-order valence-electron chi connectivity index (χ1n) is 5.78. The summed E-state index contributed by atoms with van der Waals surface area (Å²) in [6.07, 6.45) is 4.39. The molecule has 1 unspecified atom stereocenters. The lowest BCUT2D eigenvalue weighted by molar-refractivity contribution is 0.444. The number of rotatable bonds is 6. The second-order valence-corrected chi connectivity index (χ2v) is 5.28. The summed E-state index contributed by atoms with van der Waals surface area (Å²) in [6.45, 7) is 4.49. The van der Waals surface area contributed by atoms with Gasteiger partial charge in [-0.1, -0.05) is 32.0 Å². The Kier molecular flexibility index (Phi) is 5.88. The molecule has 0 bridgehead atoms. The lowest BCUT2D eigenvalue weighted by atomic mass is 9.98. The van der Waals surface area contributed by atoms with E-state index in [9.17, 15) is 0 Å². The van der Waals surface area contributed by atoms with E-state index in [2.05, 4.69) is 49.8 Å². The Morgan fingerprint density at radius 2 is 1.94 bits per heavy atom. The molecular weight excluding hydrogens is 216 g/mol. The number of benzene rings is 1. The summed E-state index contributed by atoms with van der Waals surface area (Å²) in [5.41, 5.74) is 4.25. The standard InChI is InChI=1S/C13H22N2S/c1-10(2)8-9-12(15-14)11-6-4-5-7-13(11)16-3/h4-7,10,12,15H,8-9,14H2,1-3H3. The highest BCUT2D eigenvalue weighted by Crippen LogP contribution is 2.28. The molecule has 1 atom stereocenters. The third-order valence-corrected chi connectivity index (χ3v) is 3.56. The largest absolute Gasteiger partial charge is 0.271 e. The monoisotopic (exact) mass is 238 g/mol. The smallest absolute Gasteiger partial charge is 0.0471 e. The second kappa shape index (κ2) is 6.94. The predicted octanol–water partition coefficient (Wildman–Crippen LogP) is 3.35. The Morgan fingerprint density at radius 3 is 2.50 bits per heavy atom. The van der Waals surface area contributed by atoms with Crippen molar-refractivity contribution in [3.63, 3.8) is 0 Å². The van der Waals surface area contributed by atoms with Crippen LogP contribution in [0.15, 0.2) is 29.2 Å². The molecule has 1 aromatic carbocycles. The molecule has 0 spiro atoms. The molecule has 0 aromatic heterocycles. The Bertz CT molecular complexity index is 313. The molecule has 3 N–H and O–H groups in total. The van der Waals surface area contributed by atoms with Crippen molar-refractivity contribution in [1.82, 2.24) is 5.43 Å². The normalized spacial score (nSPS) is 13.1. The fourth-order valence-electron chi connectivity index (χ4n) is 1.78. The molecule has 0 saturated heterocycles. The van der Waals surface area contributed by atoms with Crippen LogP contribution in [-0.4, -0.2) is 6.26 Å². The lowest BCUT2D eigenvalue weighted by Gasteiger charge is -2.19. The van der Waals surface area contributed by atoms with E-state index in [1.54, 1.807) is 11.8 Å². The highest BCUT2D eigenvalue weighted by Gasteiger charge is 2.13. The van der Waals surface area contributed by atoms with Crippen LogP contribution in [0, 0.1) is 5.92 Å². The van der Waals surface area contributed by atoms with Crippen molar-refractivity contribution < 1.29 is 0 Å². The molecule has 0 saturated carbocycles. The fourth-order valence-corrected chi connectivity index (χ4v) is 2.44. The van der Waals surface area contributed by atoms with Gasteiger partial charge in [-0.15, -0.1) is 11.8 Å². The van der Waals surface area contributed by atoms with Gasteiger partial charge in [0.25, 0.3) is 0 Å². The van der Waals surface area contributed by atoms with Crippen molar-refractivity contribution in [2.24, 2.45) is 11.8 Å². The number of nitrogens with one attached hydrogen (secondary N) is 1. The van der Waals surface area contributed by atoms with Gasteiger partial charge in [-0.2, -0.15) is 0 Å². The van der Waals surface area contributed by atoms with E-state index in [1.807, 2.05) is 0 Å². The summed E-state index contributed by atoms with van der Waals surface area (Å²) in [5.74, 6) is 6.38. The zero-order valence-corrected chi connectivity index (χ0v) is 11.2.